The molecule has 0 aliphatic carbocycles. The van der Waals surface area contributed by atoms with Crippen LogP contribution in [0.4, 0.5) is 9.59 Å². The molecule has 0 bridgehead atoms. The van der Waals surface area contributed by atoms with Crippen LogP contribution in [0.3, 0.4) is 0 Å². The van der Waals surface area contributed by atoms with Crippen LogP contribution in [0.15, 0.2) is 25.3 Å². The van der Waals surface area contributed by atoms with E-state index in [4.69, 9.17) is 24.8 Å². The molecule has 0 saturated carbocycles. The first-order valence-corrected chi connectivity index (χ1v) is 15.2. The van der Waals surface area contributed by atoms with Gasteiger partial charge in [0.15, 0.2) is 0 Å². The number of methoxy groups -OCH3 is 1. The molecular weight excluding hydrogens is 636 g/mol. The van der Waals surface area contributed by atoms with E-state index in [2.05, 4.69) is 33.8 Å². The molecule has 0 spiro atoms. The van der Waals surface area contributed by atoms with Crippen LogP contribution in [0.1, 0.15) is 67.2 Å². The molecule has 2 aliphatic rings. The number of aliphatic hydroxyl groups excluding tert-OH is 2. The number of alkyl carbamates (subject to hydrolysis) is 2. The maximum absolute atomic E-state index is 12.5. The van der Waals surface area contributed by atoms with E-state index in [0.717, 1.165) is 4.90 Å². The lowest BCUT2D eigenvalue weighted by atomic mass is 10.1. The molecule has 2 aliphatic heterocycles. The Hall–Kier alpha value is -4.22. The zero-order valence-corrected chi connectivity index (χ0v) is 28.7. The number of carbonyl (C=O) groups excluding carboxylic acids is 4. The van der Waals surface area contributed by atoms with Gasteiger partial charge in [0.1, 0.15) is 35.4 Å². The lowest BCUT2D eigenvalue weighted by molar-refractivity contribution is -0.149. The van der Waals surface area contributed by atoms with Crippen molar-refractivity contribution in [3.8, 4) is 0 Å². The highest BCUT2D eigenvalue weighted by Crippen LogP contribution is 2.20. The third kappa shape index (κ3) is 17.6. The number of carboxylic acid groups (broad SMARTS) is 2. The molecule has 274 valence electrons. The molecule has 0 unspecified atom stereocenters. The summed E-state index contributed by atoms with van der Waals surface area (Å²) in [7, 11) is 1.34. The molecular formula is C31H52N4O13. The zero-order chi connectivity index (χ0) is 37.4. The summed E-state index contributed by atoms with van der Waals surface area (Å²) >= 11 is 0. The molecule has 0 radical (unpaired) electrons. The van der Waals surface area contributed by atoms with Gasteiger partial charge in [0.25, 0.3) is 0 Å². The van der Waals surface area contributed by atoms with Crippen molar-refractivity contribution in [2.45, 2.75) is 115 Å². The van der Waals surface area contributed by atoms with Crippen molar-refractivity contribution >= 4 is 36.0 Å². The van der Waals surface area contributed by atoms with Gasteiger partial charge in [-0.15, -0.1) is 13.2 Å². The van der Waals surface area contributed by atoms with Gasteiger partial charge in [-0.2, -0.15) is 0 Å². The zero-order valence-electron chi connectivity index (χ0n) is 28.7. The van der Waals surface area contributed by atoms with Crippen LogP contribution in [0.25, 0.3) is 0 Å². The van der Waals surface area contributed by atoms with Crippen molar-refractivity contribution in [3.63, 3.8) is 0 Å². The van der Waals surface area contributed by atoms with E-state index in [0.29, 0.717) is 13.0 Å². The number of amides is 3. The fraction of sp³-hybridized carbons (Fsp3) is 0.677. The standard InChI is InChI=1S/C15H24N2O6.C10H17NO4.C6H11NO3/c1-5-6-10(16-14(22)23-15(2,3)4)12(19)17-8-9(18)7-11(17)13(20)21;1-5-6-7(8(12)13)11-9(14)15-10(2,3)4;1-10-6(9)5-2-4(8)3-7-5/h5,9-11,18H,1,6-8H2,2-4H3,(H,16,22)(H,20,21);5,7H,1,6H2,2-4H3,(H,11,14)(H,12,13);4-5,7-8H,2-3H2,1H3/t9-,10+,11+;7-;4-,5+/m101/s1. The minimum absolute atomic E-state index is 0.0334. The molecule has 2 heterocycles. The van der Waals surface area contributed by atoms with E-state index in [1.54, 1.807) is 41.5 Å². The van der Waals surface area contributed by atoms with Crippen molar-refractivity contribution in [3.05, 3.63) is 25.3 Å². The van der Waals surface area contributed by atoms with Gasteiger partial charge >= 0.3 is 30.1 Å². The largest absolute Gasteiger partial charge is 0.480 e. The maximum Gasteiger partial charge on any atom is 0.408 e. The Morgan fingerprint density at radius 1 is 0.854 bits per heavy atom. The monoisotopic (exact) mass is 688 g/mol. The smallest absolute Gasteiger partial charge is 0.408 e. The summed E-state index contributed by atoms with van der Waals surface area (Å²) < 4.78 is 14.5. The fourth-order valence-corrected chi connectivity index (χ4v) is 4.21. The predicted octanol–water partition coefficient (Wildman–Crippen LogP) is 0.925. The average Bonchev–Trinajstić information content (AvgIpc) is 3.56. The second kappa shape index (κ2) is 20.2. The van der Waals surface area contributed by atoms with E-state index in [1.165, 1.54) is 19.3 Å². The first-order chi connectivity index (χ1) is 22.0. The number of carboxylic acids is 2. The SMILES string of the molecule is C=CC[C@H](NC(=O)OC(C)(C)C)C(=O)N1C[C@H](O)C[C@H]1C(=O)O.C=CC[C@H](NC(=O)OC(C)(C)C)C(=O)O.COC(=O)[C@@H]1C[C@@H](O)CN1. The molecule has 3 amide bonds. The Morgan fingerprint density at radius 2 is 1.33 bits per heavy atom. The molecule has 17 nitrogen and oxygen atoms in total. The van der Waals surface area contributed by atoms with E-state index >= 15 is 0 Å². The molecule has 0 aromatic carbocycles. The minimum Gasteiger partial charge on any atom is -0.480 e. The van der Waals surface area contributed by atoms with Crippen LogP contribution in [-0.2, 0) is 33.4 Å². The van der Waals surface area contributed by atoms with Crippen molar-refractivity contribution in [1.82, 2.24) is 20.9 Å². The van der Waals surface area contributed by atoms with Crippen molar-refractivity contribution in [2.24, 2.45) is 0 Å². The predicted molar refractivity (Wildman–Crippen MR) is 172 cm³/mol. The number of β-amino-alcohol motifs (C(OH)–C–C–N with tert-alkyl or cyclic N) is 2. The number of aliphatic carboxylic acids is 2. The van der Waals surface area contributed by atoms with Crippen LogP contribution in [0.2, 0.25) is 0 Å². The molecule has 17 heteroatoms. The summed E-state index contributed by atoms with van der Waals surface area (Å²) in [6, 6.07) is -3.39. The van der Waals surface area contributed by atoms with Gasteiger partial charge in [0.05, 0.1) is 19.3 Å². The Labute approximate surface area is 280 Å². The van der Waals surface area contributed by atoms with Crippen LogP contribution in [-0.4, -0.2) is 129 Å². The number of carbonyl (C=O) groups is 6. The number of rotatable bonds is 10. The Kier molecular flexibility index (Phi) is 18.4. The van der Waals surface area contributed by atoms with E-state index in [-0.39, 0.29) is 37.8 Å². The summed E-state index contributed by atoms with van der Waals surface area (Å²) in [5, 5.41) is 44.0. The quantitative estimate of drug-likeness (QED) is 0.0958. The maximum atomic E-state index is 12.5. The van der Waals surface area contributed by atoms with E-state index in [1.807, 2.05) is 0 Å². The minimum atomic E-state index is -1.19. The Morgan fingerprint density at radius 3 is 1.71 bits per heavy atom. The van der Waals surface area contributed by atoms with Crippen LogP contribution >= 0.6 is 0 Å². The highest BCUT2D eigenvalue weighted by molar-refractivity contribution is 5.90. The lowest BCUT2D eigenvalue weighted by Crippen LogP contribution is -2.52. The third-order valence-electron chi connectivity index (χ3n) is 6.22. The fourth-order valence-electron chi connectivity index (χ4n) is 4.21. The summed E-state index contributed by atoms with van der Waals surface area (Å²) in [4.78, 5) is 69.3. The van der Waals surface area contributed by atoms with Gasteiger partial charge in [0, 0.05) is 25.9 Å². The van der Waals surface area contributed by atoms with Gasteiger partial charge in [-0.05, 0) is 54.4 Å². The van der Waals surface area contributed by atoms with Crippen molar-refractivity contribution < 1.29 is 63.4 Å². The molecule has 2 fully saturated rings. The summed E-state index contributed by atoms with van der Waals surface area (Å²) in [6.45, 7) is 17.5. The molecule has 7 N–H and O–H groups in total. The summed E-state index contributed by atoms with van der Waals surface area (Å²) in [5.41, 5.74) is -1.36. The van der Waals surface area contributed by atoms with Gasteiger partial charge in [-0.25, -0.2) is 19.2 Å². The lowest BCUT2D eigenvalue weighted by Gasteiger charge is -2.27. The normalized spacial score (nSPS) is 21.4. The van der Waals surface area contributed by atoms with Gasteiger partial charge in [-0.1, -0.05) is 12.2 Å². The topological polar surface area (TPSA) is 250 Å². The third-order valence-corrected chi connectivity index (χ3v) is 6.22. The molecule has 2 saturated heterocycles. The number of nitrogens with one attached hydrogen (secondary N) is 3. The molecule has 0 aromatic heterocycles. The molecule has 0 aromatic rings. The first kappa shape index (κ1) is 43.8. The number of likely N-dealkylation sites (tertiary alicyclic amines) is 1. The number of esters is 1. The number of nitrogens with zero attached hydrogens (tertiary/aromatic N) is 1. The van der Waals surface area contributed by atoms with E-state index < -0.39 is 71.6 Å². The van der Waals surface area contributed by atoms with Crippen LogP contribution in [0, 0.1) is 0 Å². The highest BCUT2D eigenvalue weighted by Gasteiger charge is 2.41. The Bertz CT molecular complexity index is 1130. The van der Waals surface area contributed by atoms with E-state index in [9.17, 15) is 33.9 Å². The molecule has 48 heavy (non-hydrogen) atoms. The van der Waals surface area contributed by atoms with Gasteiger partial charge in [-0.3, -0.25) is 9.59 Å². The number of aliphatic hydroxyl groups is 2. The molecule has 6 atom stereocenters. The van der Waals surface area contributed by atoms with Crippen LogP contribution < -0.4 is 16.0 Å². The van der Waals surface area contributed by atoms with Gasteiger partial charge < -0.3 is 55.5 Å². The average molecular weight is 689 g/mol. The number of hydrogen-bond donors (Lipinski definition) is 7. The second-order valence-corrected chi connectivity index (χ2v) is 12.9. The number of hydrogen-bond acceptors (Lipinski definition) is 12. The summed E-state index contributed by atoms with van der Waals surface area (Å²) in [5.74, 6) is -3.18. The van der Waals surface area contributed by atoms with Gasteiger partial charge in [0.2, 0.25) is 5.91 Å². The second-order valence-electron chi connectivity index (χ2n) is 12.9. The Balaban J connectivity index is 0.000000755. The van der Waals surface area contributed by atoms with Crippen molar-refractivity contribution in [2.75, 3.05) is 20.2 Å². The highest BCUT2D eigenvalue weighted by atomic mass is 16.6. The molecule has 2 rings (SSSR count). The summed E-state index contributed by atoms with van der Waals surface area (Å²) in [6.07, 6.45) is 0.779. The first-order valence-electron chi connectivity index (χ1n) is 15.2. The van der Waals surface area contributed by atoms with Crippen molar-refractivity contribution in [1.29, 1.82) is 0 Å². The van der Waals surface area contributed by atoms with Crippen LogP contribution in [0.5, 0.6) is 0 Å². The number of ether oxygens (including phenoxy) is 3.